The van der Waals surface area contributed by atoms with Crippen molar-refractivity contribution >= 4 is 46.7 Å². The van der Waals surface area contributed by atoms with Crippen LogP contribution in [-0.4, -0.2) is 44.5 Å². The molecule has 6 nitrogen and oxygen atoms in total. The van der Waals surface area contributed by atoms with E-state index in [0.717, 1.165) is 27.7 Å². The number of benzene rings is 3. The Kier molecular flexibility index (Phi) is 9.34. The van der Waals surface area contributed by atoms with Gasteiger partial charge in [-0.1, -0.05) is 60.2 Å². The van der Waals surface area contributed by atoms with Gasteiger partial charge in [0.05, 0.1) is 32.0 Å². The predicted molar refractivity (Wildman–Crippen MR) is 163 cm³/mol. The van der Waals surface area contributed by atoms with Crippen molar-refractivity contribution in [2.45, 2.75) is 18.9 Å². The number of methoxy groups -OCH3 is 2. The second kappa shape index (κ2) is 13.5. The first kappa shape index (κ1) is 28.4. The highest BCUT2D eigenvalue weighted by Gasteiger charge is 2.23. The number of rotatable bonds is 12. The van der Waals surface area contributed by atoms with Gasteiger partial charge in [0.15, 0.2) is 0 Å². The van der Waals surface area contributed by atoms with E-state index in [1.165, 1.54) is 20.0 Å². The summed E-state index contributed by atoms with van der Waals surface area (Å²) in [4.78, 5) is 17.0. The molecule has 0 bridgehead atoms. The molecule has 1 aliphatic carbocycles. The van der Waals surface area contributed by atoms with Gasteiger partial charge in [0.2, 0.25) is 0 Å². The maximum atomic E-state index is 12.3. The van der Waals surface area contributed by atoms with Crippen molar-refractivity contribution in [1.82, 2.24) is 4.98 Å². The van der Waals surface area contributed by atoms with Crippen LogP contribution < -0.4 is 9.47 Å². The van der Waals surface area contributed by atoms with Crippen LogP contribution in [0.3, 0.4) is 0 Å². The molecule has 1 heterocycles. The van der Waals surface area contributed by atoms with Crippen LogP contribution in [0.15, 0.2) is 78.9 Å². The second-order valence-electron chi connectivity index (χ2n) is 9.92. The van der Waals surface area contributed by atoms with E-state index < -0.39 is 5.97 Å². The zero-order valence-electron chi connectivity index (χ0n) is 23.1. The van der Waals surface area contributed by atoms with Crippen molar-refractivity contribution in [3.63, 3.8) is 0 Å². The summed E-state index contributed by atoms with van der Waals surface area (Å²) in [6.07, 6.45) is 10.2. The Morgan fingerprint density at radius 3 is 2.56 bits per heavy atom. The van der Waals surface area contributed by atoms with Crippen LogP contribution in [0, 0.1) is 5.92 Å². The van der Waals surface area contributed by atoms with E-state index in [1.54, 1.807) is 25.3 Å². The lowest BCUT2D eigenvalue weighted by atomic mass is 10.1. The largest absolute Gasteiger partial charge is 0.497 e. The van der Waals surface area contributed by atoms with Crippen LogP contribution >= 0.6 is 11.6 Å². The average molecular weight is 570 g/mol. The highest BCUT2D eigenvalue weighted by atomic mass is 35.5. The monoisotopic (exact) mass is 569 g/mol. The molecular weight excluding hydrogens is 538 g/mol. The molecule has 0 aliphatic heterocycles. The van der Waals surface area contributed by atoms with Crippen molar-refractivity contribution in [3.05, 3.63) is 106 Å². The molecule has 1 saturated carbocycles. The molecule has 0 amide bonds. The number of aromatic nitrogens is 1. The number of esters is 1. The van der Waals surface area contributed by atoms with E-state index in [1.807, 2.05) is 72.8 Å². The summed E-state index contributed by atoms with van der Waals surface area (Å²) in [5, 5.41) is 1.72. The third kappa shape index (κ3) is 7.97. The SMILES string of the molecule is COC(=O)c1cc(OC)ccc1OCC(/C=C/c1cccc(/C=C/c2ccc3ccc(Cl)cc3n2)c1)OCC1CC1. The van der Waals surface area contributed by atoms with E-state index in [4.69, 9.17) is 35.5 Å². The average Bonchev–Trinajstić information content (AvgIpc) is 3.84. The minimum Gasteiger partial charge on any atom is -0.497 e. The van der Waals surface area contributed by atoms with E-state index in [-0.39, 0.29) is 12.7 Å². The van der Waals surface area contributed by atoms with Crippen LogP contribution in [0.25, 0.3) is 29.1 Å². The normalized spacial score (nSPS) is 14.0. The van der Waals surface area contributed by atoms with Gasteiger partial charge in [-0.05, 0) is 78.4 Å². The Morgan fingerprint density at radius 1 is 0.976 bits per heavy atom. The molecule has 1 aromatic heterocycles. The van der Waals surface area contributed by atoms with Crippen molar-refractivity contribution in [2.24, 2.45) is 5.92 Å². The summed E-state index contributed by atoms with van der Waals surface area (Å²) < 4.78 is 22.4. The van der Waals surface area contributed by atoms with Crippen LogP contribution in [0.1, 0.15) is 40.0 Å². The number of carbonyl (C=O) groups is 1. The van der Waals surface area contributed by atoms with Gasteiger partial charge in [-0.25, -0.2) is 9.78 Å². The number of halogens is 1. The Bertz CT molecular complexity index is 1580. The van der Waals surface area contributed by atoms with E-state index in [2.05, 4.69) is 6.07 Å². The number of pyridine rings is 1. The fraction of sp³-hybridized carbons (Fsp3) is 0.235. The van der Waals surface area contributed by atoms with Crippen LogP contribution in [0.4, 0.5) is 0 Å². The molecular formula is C34H32ClNO5. The zero-order chi connectivity index (χ0) is 28.6. The van der Waals surface area contributed by atoms with Crippen molar-refractivity contribution in [3.8, 4) is 11.5 Å². The molecule has 0 saturated heterocycles. The smallest absolute Gasteiger partial charge is 0.341 e. The lowest BCUT2D eigenvalue weighted by molar-refractivity contribution is 0.0429. The minimum atomic E-state index is -0.488. The van der Waals surface area contributed by atoms with E-state index in [0.29, 0.717) is 34.6 Å². The van der Waals surface area contributed by atoms with E-state index >= 15 is 0 Å². The summed E-state index contributed by atoms with van der Waals surface area (Å²) in [7, 11) is 2.89. The summed E-state index contributed by atoms with van der Waals surface area (Å²) in [6, 6.07) is 23.0. The maximum Gasteiger partial charge on any atom is 0.341 e. The fourth-order valence-electron chi connectivity index (χ4n) is 4.27. The number of hydrogen-bond donors (Lipinski definition) is 0. The minimum absolute atomic E-state index is 0.247. The summed E-state index contributed by atoms with van der Waals surface area (Å²) in [6.45, 7) is 0.925. The van der Waals surface area contributed by atoms with Crippen LogP contribution in [-0.2, 0) is 9.47 Å². The first-order chi connectivity index (χ1) is 20.0. The van der Waals surface area contributed by atoms with Crippen molar-refractivity contribution < 1.29 is 23.7 Å². The van der Waals surface area contributed by atoms with E-state index in [9.17, 15) is 4.79 Å². The van der Waals surface area contributed by atoms with Gasteiger partial charge in [0, 0.05) is 10.4 Å². The van der Waals surface area contributed by atoms with Gasteiger partial charge in [-0.15, -0.1) is 0 Å². The highest BCUT2D eigenvalue weighted by Crippen LogP contribution is 2.30. The predicted octanol–water partition coefficient (Wildman–Crippen LogP) is 7.74. The zero-order valence-corrected chi connectivity index (χ0v) is 23.8. The second-order valence-corrected chi connectivity index (χ2v) is 10.4. The molecule has 1 aliphatic rings. The van der Waals surface area contributed by atoms with Crippen molar-refractivity contribution in [2.75, 3.05) is 27.4 Å². The van der Waals surface area contributed by atoms with Crippen LogP contribution in [0.5, 0.6) is 11.5 Å². The molecule has 1 fully saturated rings. The Hall–Kier alpha value is -4.13. The molecule has 0 spiro atoms. The lowest BCUT2D eigenvalue weighted by Gasteiger charge is -2.17. The Balaban J connectivity index is 1.28. The molecule has 210 valence electrons. The molecule has 4 aromatic rings. The number of carbonyl (C=O) groups excluding carboxylic acids is 1. The van der Waals surface area contributed by atoms with Gasteiger partial charge in [-0.3, -0.25) is 0 Å². The summed E-state index contributed by atoms with van der Waals surface area (Å²) in [5.41, 5.74) is 4.11. The molecule has 1 unspecified atom stereocenters. The molecule has 41 heavy (non-hydrogen) atoms. The number of fused-ring (bicyclic) bond motifs is 1. The van der Waals surface area contributed by atoms with Gasteiger partial charge < -0.3 is 18.9 Å². The third-order valence-electron chi connectivity index (χ3n) is 6.77. The summed E-state index contributed by atoms with van der Waals surface area (Å²) >= 11 is 6.13. The van der Waals surface area contributed by atoms with Crippen LogP contribution in [0.2, 0.25) is 5.02 Å². The first-order valence-electron chi connectivity index (χ1n) is 13.5. The number of hydrogen-bond acceptors (Lipinski definition) is 6. The standard InChI is InChI=1S/C34H32ClNO5/c1-38-29-16-17-33(31(20-29)34(37)39-2)41-22-30(40-21-25-6-7-25)15-9-24-5-3-4-23(18-24)8-13-28-14-11-26-10-12-27(35)19-32(26)36-28/h3-5,8-20,25,30H,6-7,21-22H2,1-2H3/b13-8+,15-9+. The Morgan fingerprint density at radius 2 is 1.78 bits per heavy atom. The molecule has 7 heteroatoms. The van der Waals surface area contributed by atoms with Gasteiger partial charge in [0.1, 0.15) is 29.8 Å². The van der Waals surface area contributed by atoms with Gasteiger partial charge >= 0.3 is 5.97 Å². The molecule has 0 radical (unpaired) electrons. The van der Waals surface area contributed by atoms with Gasteiger partial charge in [-0.2, -0.15) is 0 Å². The lowest BCUT2D eigenvalue weighted by Crippen LogP contribution is -2.21. The third-order valence-corrected chi connectivity index (χ3v) is 7.01. The molecule has 0 N–H and O–H groups in total. The molecule has 5 rings (SSSR count). The fourth-order valence-corrected chi connectivity index (χ4v) is 4.44. The molecule has 1 atom stereocenters. The summed E-state index contributed by atoms with van der Waals surface area (Å²) in [5.74, 6) is 1.08. The first-order valence-corrected chi connectivity index (χ1v) is 13.9. The van der Waals surface area contributed by atoms with Crippen molar-refractivity contribution in [1.29, 1.82) is 0 Å². The number of ether oxygens (including phenoxy) is 4. The topological polar surface area (TPSA) is 66.9 Å². The highest BCUT2D eigenvalue weighted by molar-refractivity contribution is 6.31. The van der Waals surface area contributed by atoms with Gasteiger partial charge in [0.25, 0.3) is 0 Å². The number of nitrogens with zero attached hydrogens (tertiary/aromatic N) is 1. The maximum absolute atomic E-state index is 12.3. The quantitative estimate of drug-likeness (QED) is 0.163. The Labute approximate surface area is 245 Å². The molecule has 3 aromatic carbocycles.